The first-order chi connectivity index (χ1) is 9.97. The van der Waals surface area contributed by atoms with Crippen molar-refractivity contribution in [1.82, 2.24) is 10.2 Å². The van der Waals surface area contributed by atoms with Crippen LogP contribution >= 0.6 is 15.9 Å². The van der Waals surface area contributed by atoms with Crippen LogP contribution in [-0.4, -0.2) is 35.1 Å². The van der Waals surface area contributed by atoms with E-state index in [0.717, 1.165) is 16.5 Å². The number of carboxylic acid groups (broad SMARTS) is 1. The molecule has 6 heteroatoms. The summed E-state index contributed by atoms with van der Waals surface area (Å²) < 4.78 is 0.991. The minimum absolute atomic E-state index is 0.115. The lowest BCUT2D eigenvalue weighted by Gasteiger charge is -2.31. The molecule has 5 nitrogen and oxygen atoms in total. The molecule has 1 fully saturated rings. The number of hydrogen-bond donors (Lipinski definition) is 2. The monoisotopic (exact) mass is 354 g/mol. The van der Waals surface area contributed by atoms with E-state index in [2.05, 4.69) is 21.2 Å². The van der Waals surface area contributed by atoms with Crippen molar-refractivity contribution in [3.8, 4) is 0 Å². The predicted molar refractivity (Wildman–Crippen MR) is 83.0 cm³/mol. The number of rotatable bonds is 3. The molecule has 2 rings (SSSR count). The standard InChI is InChI=1S/C15H19BrN2O3/c1-10(11-4-6-13(16)7-5-11)17-15(21)18-8-2-3-12(9-18)14(19)20/h4-7,10,12H,2-3,8-9H2,1H3,(H,17,21)(H,19,20)/t10?,12-/m1/s1. The summed E-state index contributed by atoms with van der Waals surface area (Å²) in [6, 6.07) is 7.45. The molecule has 1 aliphatic rings. The van der Waals surface area contributed by atoms with Crippen LogP contribution in [0.25, 0.3) is 0 Å². The second-order valence-electron chi connectivity index (χ2n) is 5.35. The Labute approximate surface area is 132 Å². The Morgan fingerprint density at radius 2 is 2.05 bits per heavy atom. The van der Waals surface area contributed by atoms with Gasteiger partial charge in [-0.1, -0.05) is 28.1 Å². The van der Waals surface area contributed by atoms with Gasteiger partial charge in [0.25, 0.3) is 0 Å². The molecule has 0 aliphatic carbocycles. The summed E-state index contributed by atoms with van der Waals surface area (Å²) in [5.41, 5.74) is 1.01. The van der Waals surface area contributed by atoms with Gasteiger partial charge in [0.15, 0.2) is 0 Å². The van der Waals surface area contributed by atoms with Gasteiger partial charge in [0, 0.05) is 17.6 Å². The molecule has 0 spiro atoms. The molecule has 0 bridgehead atoms. The number of likely N-dealkylation sites (tertiary alicyclic amines) is 1. The maximum absolute atomic E-state index is 12.2. The highest BCUT2D eigenvalue weighted by Crippen LogP contribution is 2.19. The van der Waals surface area contributed by atoms with Gasteiger partial charge < -0.3 is 15.3 Å². The average Bonchev–Trinajstić information content (AvgIpc) is 2.48. The summed E-state index contributed by atoms with van der Waals surface area (Å²) in [6.07, 6.45) is 1.37. The smallest absolute Gasteiger partial charge is 0.317 e. The van der Waals surface area contributed by atoms with E-state index in [4.69, 9.17) is 5.11 Å². The minimum Gasteiger partial charge on any atom is -0.481 e. The lowest BCUT2D eigenvalue weighted by atomic mass is 9.98. The van der Waals surface area contributed by atoms with E-state index in [1.54, 1.807) is 4.90 Å². The van der Waals surface area contributed by atoms with Crippen LogP contribution < -0.4 is 5.32 Å². The number of hydrogen-bond acceptors (Lipinski definition) is 2. The van der Waals surface area contributed by atoms with Gasteiger partial charge in [0.05, 0.1) is 12.0 Å². The predicted octanol–water partition coefficient (Wildman–Crippen LogP) is 3.02. The van der Waals surface area contributed by atoms with E-state index in [9.17, 15) is 9.59 Å². The number of nitrogens with one attached hydrogen (secondary N) is 1. The SMILES string of the molecule is CC(NC(=O)N1CCC[C@@H](C(=O)O)C1)c1ccc(Br)cc1. The number of nitrogens with zero attached hydrogens (tertiary/aromatic N) is 1. The minimum atomic E-state index is -0.826. The molecule has 0 saturated carbocycles. The van der Waals surface area contributed by atoms with Crippen LogP contribution in [0.4, 0.5) is 4.79 Å². The Hall–Kier alpha value is -1.56. The van der Waals surface area contributed by atoms with Crippen LogP contribution in [-0.2, 0) is 4.79 Å². The summed E-state index contributed by atoms with van der Waals surface area (Å²) in [5, 5.41) is 12.0. The Kier molecular flexibility index (Phi) is 5.22. The molecule has 1 aliphatic heterocycles. The zero-order valence-electron chi connectivity index (χ0n) is 11.9. The van der Waals surface area contributed by atoms with Gasteiger partial charge in [-0.05, 0) is 37.5 Å². The van der Waals surface area contributed by atoms with Gasteiger partial charge in [-0.2, -0.15) is 0 Å². The number of amides is 2. The maximum atomic E-state index is 12.2. The fourth-order valence-electron chi connectivity index (χ4n) is 2.47. The molecule has 2 amide bonds. The molecule has 114 valence electrons. The van der Waals surface area contributed by atoms with Crippen molar-refractivity contribution in [2.24, 2.45) is 5.92 Å². The van der Waals surface area contributed by atoms with Crippen LogP contribution in [0.15, 0.2) is 28.7 Å². The molecule has 0 aromatic heterocycles. The molecule has 2 atom stereocenters. The van der Waals surface area contributed by atoms with Gasteiger partial charge in [0.2, 0.25) is 0 Å². The van der Waals surface area contributed by atoms with Crippen molar-refractivity contribution in [1.29, 1.82) is 0 Å². The summed E-state index contributed by atoms with van der Waals surface area (Å²) in [4.78, 5) is 24.9. The Morgan fingerprint density at radius 1 is 1.38 bits per heavy atom. The van der Waals surface area contributed by atoms with E-state index >= 15 is 0 Å². The zero-order valence-corrected chi connectivity index (χ0v) is 13.5. The van der Waals surface area contributed by atoms with Gasteiger partial charge in [-0.3, -0.25) is 4.79 Å². The van der Waals surface area contributed by atoms with E-state index in [0.29, 0.717) is 13.0 Å². The van der Waals surface area contributed by atoms with E-state index in [1.165, 1.54) is 0 Å². The largest absolute Gasteiger partial charge is 0.481 e. The number of carboxylic acids is 1. The van der Waals surface area contributed by atoms with E-state index in [1.807, 2.05) is 31.2 Å². The third-order valence-corrected chi connectivity index (χ3v) is 4.30. The summed E-state index contributed by atoms with van der Waals surface area (Å²) >= 11 is 3.38. The van der Waals surface area contributed by atoms with E-state index in [-0.39, 0.29) is 18.6 Å². The van der Waals surface area contributed by atoms with Crippen LogP contribution in [0.5, 0.6) is 0 Å². The first-order valence-corrected chi connectivity index (χ1v) is 7.80. The quantitative estimate of drug-likeness (QED) is 0.876. The molecular formula is C15H19BrN2O3. The van der Waals surface area contributed by atoms with Crippen LogP contribution in [0.3, 0.4) is 0 Å². The molecule has 1 heterocycles. The third kappa shape index (κ3) is 4.20. The molecular weight excluding hydrogens is 336 g/mol. The topological polar surface area (TPSA) is 69.6 Å². The zero-order chi connectivity index (χ0) is 15.4. The van der Waals surface area contributed by atoms with Gasteiger partial charge in [0.1, 0.15) is 0 Å². The normalized spacial score (nSPS) is 19.9. The second-order valence-corrected chi connectivity index (χ2v) is 6.26. The number of aliphatic carboxylic acids is 1. The fourth-order valence-corrected chi connectivity index (χ4v) is 2.74. The summed E-state index contributed by atoms with van der Waals surface area (Å²) in [7, 11) is 0. The van der Waals surface area contributed by atoms with E-state index < -0.39 is 11.9 Å². The van der Waals surface area contributed by atoms with Crippen LogP contribution in [0.1, 0.15) is 31.4 Å². The fraction of sp³-hybridized carbons (Fsp3) is 0.467. The second kappa shape index (κ2) is 6.93. The van der Waals surface area contributed by atoms with Crippen molar-refractivity contribution >= 4 is 27.9 Å². The molecule has 1 saturated heterocycles. The maximum Gasteiger partial charge on any atom is 0.317 e. The number of halogens is 1. The Morgan fingerprint density at radius 3 is 2.67 bits per heavy atom. The molecule has 2 N–H and O–H groups in total. The molecule has 21 heavy (non-hydrogen) atoms. The molecule has 1 aromatic rings. The Bertz CT molecular complexity index is 518. The molecule has 0 radical (unpaired) electrons. The Balaban J connectivity index is 1.94. The number of urea groups is 1. The highest BCUT2D eigenvalue weighted by molar-refractivity contribution is 9.10. The molecule has 1 aromatic carbocycles. The van der Waals surface area contributed by atoms with Gasteiger partial charge >= 0.3 is 12.0 Å². The first-order valence-electron chi connectivity index (χ1n) is 7.01. The number of carbonyl (C=O) groups excluding carboxylic acids is 1. The van der Waals surface area contributed by atoms with Crippen molar-refractivity contribution in [2.75, 3.05) is 13.1 Å². The van der Waals surface area contributed by atoms with Crippen LogP contribution in [0, 0.1) is 5.92 Å². The number of carbonyl (C=O) groups is 2. The average molecular weight is 355 g/mol. The molecule has 1 unspecified atom stereocenters. The van der Waals surface area contributed by atoms with Crippen molar-refractivity contribution in [2.45, 2.75) is 25.8 Å². The highest BCUT2D eigenvalue weighted by atomic mass is 79.9. The lowest BCUT2D eigenvalue weighted by Crippen LogP contribution is -2.47. The summed E-state index contributed by atoms with van der Waals surface area (Å²) in [5.74, 6) is -1.28. The number of benzene rings is 1. The number of piperidine rings is 1. The summed E-state index contributed by atoms with van der Waals surface area (Å²) in [6.45, 7) is 2.82. The van der Waals surface area contributed by atoms with Gasteiger partial charge in [-0.15, -0.1) is 0 Å². The first kappa shape index (κ1) is 15.8. The third-order valence-electron chi connectivity index (χ3n) is 3.77. The van der Waals surface area contributed by atoms with Crippen LogP contribution in [0.2, 0.25) is 0 Å². The van der Waals surface area contributed by atoms with Crippen molar-refractivity contribution in [3.63, 3.8) is 0 Å². The van der Waals surface area contributed by atoms with Gasteiger partial charge in [-0.25, -0.2) is 4.79 Å². The van der Waals surface area contributed by atoms with Crippen molar-refractivity contribution in [3.05, 3.63) is 34.3 Å². The van der Waals surface area contributed by atoms with Crippen molar-refractivity contribution < 1.29 is 14.7 Å². The highest BCUT2D eigenvalue weighted by Gasteiger charge is 2.28. The lowest BCUT2D eigenvalue weighted by molar-refractivity contribution is -0.143.